The van der Waals surface area contributed by atoms with Gasteiger partial charge in [0.05, 0.1) is 10.3 Å². The first-order valence-electron chi connectivity index (χ1n) is 6.59. The van der Waals surface area contributed by atoms with E-state index in [1.165, 1.54) is 11.2 Å². The summed E-state index contributed by atoms with van der Waals surface area (Å²) in [5.74, 6) is -0.277. The fourth-order valence-electron chi connectivity index (χ4n) is 2.06. The van der Waals surface area contributed by atoms with Crippen LogP contribution in [-0.4, -0.2) is 48.8 Å². The number of nitrogens with zero attached hydrogens (tertiary/aromatic N) is 1. The lowest BCUT2D eigenvalue weighted by molar-refractivity contribution is 0.0784. The topological polar surface area (TPSA) is 83.4 Å². The Kier molecular flexibility index (Phi) is 4.18. The van der Waals surface area contributed by atoms with E-state index in [1.54, 1.807) is 39.1 Å². The number of amides is 1. The summed E-state index contributed by atoms with van der Waals surface area (Å²) in [6.45, 7) is 3.29. The molecule has 0 spiro atoms. The molecule has 0 aliphatic rings. The van der Waals surface area contributed by atoms with Gasteiger partial charge in [0.2, 0.25) is 0 Å². The molecule has 1 N–H and O–H groups in total. The molecule has 2 aromatic rings. The molecule has 0 saturated heterocycles. The quantitative estimate of drug-likeness (QED) is 0.863. The summed E-state index contributed by atoms with van der Waals surface area (Å²) >= 11 is 4.90. The molecular weight excluding hydrogens is 324 g/mol. The third kappa shape index (κ3) is 3.22. The number of hydrogen-bond donors (Lipinski definition) is 1. The van der Waals surface area contributed by atoms with Crippen LogP contribution in [0.3, 0.4) is 0 Å². The van der Waals surface area contributed by atoms with Crippen LogP contribution in [0, 0.1) is 4.84 Å². The Morgan fingerprint density at radius 1 is 1.41 bits per heavy atom. The van der Waals surface area contributed by atoms with E-state index in [4.69, 9.17) is 16.6 Å². The number of benzene rings is 1. The Balaban J connectivity index is 2.27. The zero-order valence-electron chi connectivity index (χ0n) is 12.8. The van der Waals surface area contributed by atoms with Crippen LogP contribution in [0.4, 0.5) is 0 Å². The summed E-state index contributed by atoms with van der Waals surface area (Å²) < 4.78 is 27.8. The highest BCUT2D eigenvalue weighted by Crippen LogP contribution is 2.20. The van der Waals surface area contributed by atoms with Crippen molar-refractivity contribution in [1.82, 2.24) is 9.88 Å². The van der Waals surface area contributed by atoms with E-state index in [0.29, 0.717) is 16.7 Å². The van der Waals surface area contributed by atoms with Crippen molar-refractivity contribution >= 4 is 39.1 Å². The van der Waals surface area contributed by atoms with Crippen LogP contribution in [0.25, 0.3) is 11.1 Å². The zero-order valence-corrected chi connectivity index (χ0v) is 14.5. The number of H-pyrrole nitrogens is 1. The van der Waals surface area contributed by atoms with E-state index in [1.807, 2.05) is 0 Å². The van der Waals surface area contributed by atoms with Crippen LogP contribution >= 0.6 is 12.2 Å². The van der Waals surface area contributed by atoms with Crippen molar-refractivity contribution < 1.29 is 17.6 Å². The second-order valence-corrected chi connectivity index (χ2v) is 8.94. The monoisotopic (exact) mass is 342 g/mol. The van der Waals surface area contributed by atoms with Crippen LogP contribution < -0.4 is 0 Å². The fourth-order valence-corrected chi connectivity index (χ4v) is 2.69. The van der Waals surface area contributed by atoms with Gasteiger partial charge in [0, 0.05) is 25.4 Å². The number of carbonyl (C=O) groups is 1. The van der Waals surface area contributed by atoms with Crippen LogP contribution in [0.1, 0.15) is 24.2 Å². The van der Waals surface area contributed by atoms with Crippen LogP contribution in [0.2, 0.25) is 0 Å². The average molecular weight is 342 g/mol. The second kappa shape index (κ2) is 5.51. The number of oxazole rings is 1. The fraction of sp³-hybridized carbons (Fsp3) is 0.429. The molecule has 6 nitrogen and oxygen atoms in total. The van der Waals surface area contributed by atoms with Gasteiger partial charge in [-0.05, 0) is 44.3 Å². The van der Waals surface area contributed by atoms with E-state index in [0.717, 1.165) is 0 Å². The molecule has 0 fully saturated rings. The van der Waals surface area contributed by atoms with Crippen LogP contribution in [0.5, 0.6) is 0 Å². The standard InChI is InChI=1S/C14H18N2O4S2/c1-14(2,22(4,18)19)8-16(3)12(17)9-5-6-10-11(7-9)20-13(21)15-10/h5-7H,8H2,1-4H3,(H,15,21). The minimum atomic E-state index is -3.28. The van der Waals surface area contributed by atoms with Crippen molar-refractivity contribution in [2.75, 3.05) is 19.8 Å². The largest absolute Gasteiger partial charge is 0.429 e. The van der Waals surface area contributed by atoms with Gasteiger partial charge in [-0.2, -0.15) is 0 Å². The van der Waals surface area contributed by atoms with Crippen LogP contribution in [0.15, 0.2) is 22.6 Å². The number of carbonyl (C=O) groups excluding carboxylic acids is 1. The highest BCUT2D eigenvalue weighted by atomic mass is 32.2. The Labute approximate surface area is 134 Å². The van der Waals surface area contributed by atoms with E-state index in [-0.39, 0.29) is 17.3 Å². The van der Waals surface area contributed by atoms with E-state index < -0.39 is 14.6 Å². The summed E-state index contributed by atoms with van der Waals surface area (Å²) in [5.41, 5.74) is 1.62. The maximum absolute atomic E-state index is 12.5. The summed E-state index contributed by atoms with van der Waals surface area (Å²) in [6.07, 6.45) is 1.17. The lowest BCUT2D eigenvalue weighted by Crippen LogP contribution is -2.44. The van der Waals surface area contributed by atoms with E-state index >= 15 is 0 Å². The third-order valence-electron chi connectivity index (χ3n) is 3.64. The first-order valence-corrected chi connectivity index (χ1v) is 8.89. The average Bonchev–Trinajstić information content (AvgIpc) is 2.74. The Morgan fingerprint density at radius 2 is 2.05 bits per heavy atom. The Hall–Kier alpha value is -1.67. The van der Waals surface area contributed by atoms with Crippen molar-refractivity contribution in [1.29, 1.82) is 0 Å². The molecule has 0 radical (unpaired) electrons. The summed E-state index contributed by atoms with van der Waals surface area (Å²) in [4.78, 5) is 16.9. The predicted octanol–water partition coefficient (Wildman–Crippen LogP) is 2.39. The van der Waals surface area contributed by atoms with Gasteiger partial charge in [-0.25, -0.2) is 8.42 Å². The summed E-state index contributed by atoms with van der Waals surface area (Å²) in [7, 11) is -1.70. The van der Waals surface area contributed by atoms with Gasteiger partial charge in [0.25, 0.3) is 10.7 Å². The molecule has 1 amide bonds. The lowest BCUT2D eigenvalue weighted by Gasteiger charge is -2.28. The van der Waals surface area contributed by atoms with Gasteiger partial charge in [0.1, 0.15) is 0 Å². The molecule has 1 aromatic heterocycles. The molecule has 1 heterocycles. The van der Waals surface area contributed by atoms with Crippen molar-refractivity contribution in [3.63, 3.8) is 0 Å². The number of hydrogen-bond acceptors (Lipinski definition) is 5. The normalized spacial score (nSPS) is 12.5. The number of rotatable bonds is 4. The Morgan fingerprint density at radius 3 is 2.64 bits per heavy atom. The molecule has 0 unspecified atom stereocenters. The van der Waals surface area contributed by atoms with Crippen molar-refractivity contribution in [3.05, 3.63) is 28.6 Å². The van der Waals surface area contributed by atoms with Gasteiger partial charge in [0.15, 0.2) is 15.4 Å². The van der Waals surface area contributed by atoms with Crippen molar-refractivity contribution in [3.8, 4) is 0 Å². The van der Waals surface area contributed by atoms with Gasteiger partial charge >= 0.3 is 0 Å². The number of aromatic amines is 1. The second-order valence-electron chi connectivity index (χ2n) is 5.92. The number of fused-ring (bicyclic) bond motifs is 1. The first-order chi connectivity index (χ1) is 10.0. The molecule has 1 aromatic carbocycles. The minimum absolute atomic E-state index is 0.0965. The molecule has 8 heteroatoms. The smallest absolute Gasteiger partial charge is 0.266 e. The third-order valence-corrected chi connectivity index (χ3v) is 5.96. The maximum Gasteiger partial charge on any atom is 0.266 e. The predicted molar refractivity (Wildman–Crippen MR) is 87.3 cm³/mol. The molecule has 0 bridgehead atoms. The number of sulfone groups is 1. The van der Waals surface area contributed by atoms with Gasteiger partial charge in [-0.3, -0.25) is 4.79 Å². The molecule has 2 rings (SSSR count). The SMILES string of the molecule is CN(CC(C)(C)S(C)(=O)=O)C(=O)c1ccc2[nH]c(=S)oc2c1. The highest BCUT2D eigenvalue weighted by molar-refractivity contribution is 7.92. The minimum Gasteiger partial charge on any atom is -0.429 e. The molecular formula is C14H18N2O4S2. The van der Waals surface area contributed by atoms with Crippen LogP contribution in [-0.2, 0) is 9.84 Å². The van der Waals surface area contributed by atoms with Crippen molar-refractivity contribution in [2.24, 2.45) is 0 Å². The molecule has 22 heavy (non-hydrogen) atoms. The lowest BCUT2D eigenvalue weighted by atomic mass is 10.1. The van der Waals surface area contributed by atoms with E-state index in [2.05, 4.69) is 4.98 Å². The number of aromatic nitrogens is 1. The van der Waals surface area contributed by atoms with Gasteiger partial charge < -0.3 is 14.3 Å². The highest BCUT2D eigenvalue weighted by Gasteiger charge is 2.33. The van der Waals surface area contributed by atoms with E-state index in [9.17, 15) is 13.2 Å². The van der Waals surface area contributed by atoms with Crippen molar-refractivity contribution in [2.45, 2.75) is 18.6 Å². The maximum atomic E-state index is 12.5. The number of nitrogens with one attached hydrogen (secondary N) is 1. The summed E-state index contributed by atoms with van der Waals surface area (Å²) in [6, 6.07) is 4.95. The van der Waals surface area contributed by atoms with Gasteiger partial charge in [-0.1, -0.05) is 0 Å². The molecule has 0 aliphatic heterocycles. The van der Waals surface area contributed by atoms with Gasteiger partial charge in [-0.15, -0.1) is 0 Å². The molecule has 0 atom stereocenters. The summed E-state index contributed by atoms with van der Waals surface area (Å²) in [5, 5.41) is 0. The molecule has 120 valence electrons. The zero-order chi connectivity index (χ0) is 16.7. The molecule has 0 aliphatic carbocycles. The Bertz CT molecular complexity index is 878. The molecule has 0 saturated carbocycles. The first kappa shape index (κ1) is 16.7.